The number of hydrogen-bond acceptors (Lipinski definition) is 4. The van der Waals surface area contributed by atoms with Gasteiger partial charge in [-0.3, -0.25) is 10.1 Å². The van der Waals surface area contributed by atoms with E-state index < -0.39 is 11.0 Å². The highest BCUT2D eigenvalue weighted by atomic mass is 79.9. The van der Waals surface area contributed by atoms with Crippen LogP contribution in [0.5, 0.6) is 0 Å². The van der Waals surface area contributed by atoms with Crippen molar-refractivity contribution in [3.05, 3.63) is 32.3 Å². The van der Waals surface area contributed by atoms with Crippen molar-refractivity contribution in [1.29, 1.82) is 0 Å². The molecular formula is C10H13BrN2O3. The summed E-state index contributed by atoms with van der Waals surface area (Å²) in [5, 5.41) is 22.8. The van der Waals surface area contributed by atoms with Crippen molar-refractivity contribution in [2.45, 2.75) is 20.0 Å². The Morgan fingerprint density at radius 1 is 1.62 bits per heavy atom. The molecule has 0 radical (unpaired) electrons. The molecule has 0 heterocycles. The van der Waals surface area contributed by atoms with E-state index >= 15 is 0 Å². The van der Waals surface area contributed by atoms with Gasteiger partial charge in [0.2, 0.25) is 0 Å². The van der Waals surface area contributed by atoms with Crippen LogP contribution in [0.15, 0.2) is 16.6 Å². The Morgan fingerprint density at radius 3 is 2.75 bits per heavy atom. The van der Waals surface area contributed by atoms with Crippen molar-refractivity contribution in [3.63, 3.8) is 0 Å². The van der Waals surface area contributed by atoms with Crippen molar-refractivity contribution < 1.29 is 10.0 Å². The molecule has 1 atom stereocenters. The first-order valence-corrected chi connectivity index (χ1v) is 5.57. The van der Waals surface area contributed by atoms with Gasteiger partial charge in [0, 0.05) is 28.3 Å². The van der Waals surface area contributed by atoms with Crippen molar-refractivity contribution in [1.82, 2.24) is 0 Å². The second-order valence-corrected chi connectivity index (χ2v) is 4.46. The largest absolute Gasteiger partial charge is 0.392 e. The molecule has 5 nitrogen and oxygen atoms in total. The Balaban J connectivity index is 2.96. The van der Waals surface area contributed by atoms with E-state index in [9.17, 15) is 10.1 Å². The third-order valence-electron chi connectivity index (χ3n) is 2.07. The van der Waals surface area contributed by atoms with Gasteiger partial charge in [0.25, 0.3) is 5.69 Å². The summed E-state index contributed by atoms with van der Waals surface area (Å²) < 4.78 is 0.616. The van der Waals surface area contributed by atoms with Crippen LogP contribution < -0.4 is 5.32 Å². The van der Waals surface area contributed by atoms with E-state index in [-0.39, 0.29) is 5.69 Å². The molecule has 1 rings (SSSR count). The summed E-state index contributed by atoms with van der Waals surface area (Å²) in [4.78, 5) is 10.3. The molecule has 0 saturated heterocycles. The summed E-state index contributed by atoms with van der Waals surface area (Å²) in [5.74, 6) is 0. The maximum Gasteiger partial charge on any atom is 0.273 e. The van der Waals surface area contributed by atoms with Crippen LogP contribution in [0.2, 0.25) is 0 Å². The number of hydrogen-bond donors (Lipinski definition) is 2. The molecular weight excluding hydrogens is 276 g/mol. The summed E-state index contributed by atoms with van der Waals surface area (Å²) in [6.07, 6.45) is -0.470. The lowest BCUT2D eigenvalue weighted by Crippen LogP contribution is -2.15. The first-order chi connectivity index (χ1) is 7.41. The molecule has 0 amide bonds. The zero-order valence-corrected chi connectivity index (χ0v) is 10.6. The zero-order chi connectivity index (χ0) is 12.3. The fourth-order valence-corrected chi connectivity index (χ4v) is 1.73. The summed E-state index contributed by atoms with van der Waals surface area (Å²) >= 11 is 3.25. The van der Waals surface area contributed by atoms with Gasteiger partial charge in [-0.1, -0.05) is 0 Å². The predicted octanol–water partition coefficient (Wildman–Crippen LogP) is 2.46. The quantitative estimate of drug-likeness (QED) is 0.659. The number of nitro benzene ring substituents is 1. The maximum atomic E-state index is 10.7. The van der Waals surface area contributed by atoms with E-state index in [1.807, 2.05) is 0 Å². The molecule has 0 bridgehead atoms. The number of benzene rings is 1. The van der Waals surface area contributed by atoms with Gasteiger partial charge < -0.3 is 10.4 Å². The average Bonchev–Trinajstić information content (AvgIpc) is 2.18. The van der Waals surface area contributed by atoms with Gasteiger partial charge in [-0.15, -0.1) is 0 Å². The Hall–Kier alpha value is -1.14. The molecule has 0 aliphatic carbocycles. The first kappa shape index (κ1) is 12.9. The third-order valence-corrected chi connectivity index (χ3v) is 2.73. The maximum absolute atomic E-state index is 10.7. The van der Waals surface area contributed by atoms with Crippen LogP contribution in [0.1, 0.15) is 12.5 Å². The molecule has 2 N–H and O–H groups in total. The summed E-state index contributed by atoms with van der Waals surface area (Å²) in [5.41, 5.74) is 1.40. The minimum atomic E-state index is -0.470. The Kier molecular flexibility index (Phi) is 4.26. The molecule has 0 aliphatic rings. The first-order valence-electron chi connectivity index (χ1n) is 4.78. The van der Waals surface area contributed by atoms with E-state index in [0.717, 1.165) is 5.69 Å². The number of rotatable bonds is 4. The zero-order valence-electron chi connectivity index (χ0n) is 9.03. The van der Waals surface area contributed by atoms with Crippen LogP contribution in [0, 0.1) is 17.0 Å². The molecule has 1 unspecified atom stereocenters. The van der Waals surface area contributed by atoms with Crippen LogP contribution in [0.25, 0.3) is 0 Å². The van der Waals surface area contributed by atoms with E-state index in [1.165, 1.54) is 6.07 Å². The molecule has 88 valence electrons. The van der Waals surface area contributed by atoms with Gasteiger partial charge in [0.1, 0.15) is 0 Å². The molecule has 1 aromatic rings. The van der Waals surface area contributed by atoms with Crippen LogP contribution in [-0.2, 0) is 0 Å². The van der Waals surface area contributed by atoms with Gasteiger partial charge in [0.05, 0.1) is 11.0 Å². The Morgan fingerprint density at radius 2 is 2.25 bits per heavy atom. The molecule has 0 aromatic heterocycles. The molecule has 6 heteroatoms. The van der Waals surface area contributed by atoms with Gasteiger partial charge in [-0.25, -0.2) is 0 Å². The number of nitrogens with one attached hydrogen (secondary N) is 1. The molecule has 1 aromatic carbocycles. The minimum absolute atomic E-state index is 0.0782. The number of aryl methyl sites for hydroxylation is 1. The van der Waals surface area contributed by atoms with E-state index in [4.69, 9.17) is 5.11 Å². The number of anilines is 1. The summed E-state index contributed by atoms with van der Waals surface area (Å²) in [6.45, 7) is 3.74. The highest BCUT2D eigenvalue weighted by Gasteiger charge is 2.14. The fraction of sp³-hybridized carbons (Fsp3) is 0.400. The standard InChI is InChI=1S/C10H13BrN2O3/c1-6-3-9(12-5-7(2)14)8(11)4-10(6)13(15)16/h3-4,7,12,14H,5H2,1-2H3. The predicted molar refractivity (Wildman–Crippen MR) is 65.7 cm³/mol. The van der Waals surface area contributed by atoms with E-state index in [2.05, 4.69) is 21.2 Å². The number of aliphatic hydroxyl groups excluding tert-OH is 1. The monoisotopic (exact) mass is 288 g/mol. The van der Waals surface area contributed by atoms with E-state index in [1.54, 1.807) is 19.9 Å². The lowest BCUT2D eigenvalue weighted by molar-refractivity contribution is -0.385. The highest BCUT2D eigenvalue weighted by Crippen LogP contribution is 2.30. The average molecular weight is 289 g/mol. The number of aliphatic hydroxyl groups is 1. The smallest absolute Gasteiger partial charge is 0.273 e. The number of halogens is 1. The second-order valence-electron chi connectivity index (χ2n) is 3.61. The highest BCUT2D eigenvalue weighted by molar-refractivity contribution is 9.10. The van der Waals surface area contributed by atoms with Gasteiger partial charge in [-0.05, 0) is 35.8 Å². The van der Waals surface area contributed by atoms with Crippen molar-refractivity contribution in [3.8, 4) is 0 Å². The number of nitrogens with zero attached hydrogens (tertiary/aromatic N) is 1. The molecule has 0 spiro atoms. The van der Waals surface area contributed by atoms with Crippen molar-refractivity contribution in [2.75, 3.05) is 11.9 Å². The molecule has 16 heavy (non-hydrogen) atoms. The summed E-state index contributed by atoms with van der Waals surface area (Å²) in [6, 6.07) is 3.14. The van der Waals surface area contributed by atoms with Crippen molar-refractivity contribution >= 4 is 27.3 Å². The summed E-state index contributed by atoms with van der Waals surface area (Å²) in [7, 11) is 0. The molecule has 0 saturated carbocycles. The fourth-order valence-electron chi connectivity index (χ4n) is 1.26. The van der Waals surface area contributed by atoms with E-state index in [0.29, 0.717) is 16.6 Å². The van der Waals surface area contributed by atoms with Crippen LogP contribution >= 0.6 is 15.9 Å². The molecule has 0 fully saturated rings. The van der Waals surface area contributed by atoms with Crippen LogP contribution in [0.3, 0.4) is 0 Å². The lowest BCUT2D eigenvalue weighted by Gasteiger charge is -2.11. The van der Waals surface area contributed by atoms with Gasteiger partial charge in [-0.2, -0.15) is 0 Å². The number of nitro groups is 1. The van der Waals surface area contributed by atoms with Gasteiger partial charge >= 0.3 is 0 Å². The van der Waals surface area contributed by atoms with Crippen LogP contribution in [-0.4, -0.2) is 22.7 Å². The Bertz CT molecular complexity index is 407. The second kappa shape index (κ2) is 5.27. The van der Waals surface area contributed by atoms with Crippen LogP contribution in [0.4, 0.5) is 11.4 Å². The molecule has 0 aliphatic heterocycles. The van der Waals surface area contributed by atoms with Crippen molar-refractivity contribution in [2.24, 2.45) is 0 Å². The van der Waals surface area contributed by atoms with Gasteiger partial charge in [0.15, 0.2) is 0 Å². The minimum Gasteiger partial charge on any atom is -0.392 e. The lowest BCUT2D eigenvalue weighted by atomic mass is 10.2. The normalized spacial score (nSPS) is 12.2. The topological polar surface area (TPSA) is 75.4 Å². The SMILES string of the molecule is Cc1cc(NCC(C)O)c(Br)cc1[N+](=O)[O-]. The third kappa shape index (κ3) is 3.18. The Labute approximate surface area is 102 Å².